The number of esters is 1. The molecule has 0 atom stereocenters. The number of methoxy groups -OCH3 is 1. The molecule has 0 fully saturated rings. The van der Waals surface area contributed by atoms with Crippen LogP contribution in [0, 0.1) is 12.7 Å². The number of halogens is 1. The second kappa shape index (κ2) is 10.7. The number of hydrogen-bond donors (Lipinski definition) is 2. The van der Waals surface area contributed by atoms with Crippen LogP contribution in [0.1, 0.15) is 34.0 Å². The molecule has 0 unspecified atom stereocenters. The molecule has 0 aliphatic carbocycles. The van der Waals surface area contributed by atoms with Crippen molar-refractivity contribution in [1.29, 1.82) is 0 Å². The molecule has 1 amide bonds. The Labute approximate surface area is 187 Å². The third-order valence-corrected chi connectivity index (χ3v) is 5.12. The molecule has 0 bridgehead atoms. The van der Waals surface area contributed by atoms with Gasteiger partial charge in [0.1, 0.15) is 11.4 Å². The second-order valence-electron chi connectivity index (χ2n) is 7.57. The number of aryl methyl sites for hydroxylation is 2. The Balaban J connectivity index is 1.81. The van der Waals surface area contributed by atoms with Crippen LogP contribution in [0.25, 0.3) is 11.1 Å². The van der Waals surface area contributed by atoms with Gasteiger partial charge in [-0.3, -0.25) is 4.79 Å². The zero-order valence-corrected chi connectivity index (χ0v) is 18.5. The predicted molar refractivity (Wildman–Crippen MR) is 124 cm³/mol. The van der Waals surface area contributed by atoms with Crippen molar-refractivity contribution in [3.8, 4) is 11.1 Å². The van der Waals surface area contributed by atoms with E-state index in [1.165, 1.54) is 13.2 Å². The van der Waals surface area contributed by atoms with E-state index in [2.05, 4.69) is 10.6 Å². The van der Waals surface area contributed by atoms with Gasteiger partial charge < -0.3 is 15.4 Å². The fourth-order valence-electron chi connectivity index (χ4n) is 3.49. The van der Waals surface area contributed by atoms with Gasteiger partial charge in [0, 0.05) is 6.54 Å². The van der Waals surface area contributed by atoms with Crippen molar-refractivity contribution in [2.75, 3.05) is 19.0 Å². The first-order valence-corrected chi connectivity index (χ1v) is 10.5. The molecule has 32 heavy (non-hydrogen) atoms. The Kier molecular flexibility index (Phi) is 7.73. The van der Waals surface area contributed by atoms with Gasteiger partial charge in [-0.1, -0.05) is 61.0 Å². The highest BCUT2D eigenvalue weighted by Crippen LogP contribution is 2.29. The van der Waals surface area contributed by atoms with Crippen LogP contribution in [-0.4, -0.2) is 25.5 Å². The van der Waals surface area contributed by atoms with Crippen LogP contribution in [-0.2, 0) is 22.5 Å². The largest absolute Gasteiger partial charge is 0.465 e. The molecule has 6 heteroatoms. The summed E-state index contributed by atoms with van der Waals surface area (Å²) in [6, 6.07) is 18.6. The highest BCUT2D eigenvalue weighted by atomic mass is 19.1. The minimum Gasteiger partial charge on any atom is -0.465 e. The molecule has 0 spiro atoms. The molecule has 166 valence electrons. The number of benzene rings is 3. The first-order valence-electron chi connectivity index (χ1n) is 10.5. The monoisotopic (exact) mass is 434 g/mol. The van der Waals surface area contributed by atoms with Crippen LogP contribution in [0.15, 0.2) is 60.7 Å². The van der Waals surface area contributed by atoms with Gasteiger partial charge in [-0.2, -0.15) is 0 Å². The van der Waals surface area contributed by atoms with E-state index < -0.39 is 11.8 Å². The summed E-state index contributed by atoms with van der Waals surface area (Å²) in [5, 5.41) is 5.73. The van der Waals surface area contributed by atoms with Gasteiger partial charge in [-0.15, -0.1) is 0 Å². The number of ether oxygens (including phenoxy) is 1. The van der Waals surface area contributed by atoms with Gasteiger partial charge in [0.25, 0.3) is 0 Å². The molecular formula is C26H27FN2O3. The quantitative estimate of drug-likeness (QED) is 0.496. The van der Waals surface area contributed by atoms with Gasteiger partial charge in [0.15, 0.2) is 0 Å². The average Bonchev–Trinajstić information content (AvgIpc) is 2.78. The maximum atomic E-state index is 14.9. The lowest BCUT2D eigenvalue weighted by molar-refractivity contribution is -0.115. The van der Waals surface area contributed by atoms with E-state index in [1.807, 2.05) is 62.4 Å². The number of rotatable bonds is 8. The lowest BCUT2D eigenvalue weighted by Gasteiger charge is -2.14. The third kappa shape index (κ3) is 5.80. The number of carbonyl (C=O) groups is 2. The fraction of sp³-hybridized carbons (Fsp3) is 0.231. The summed E-state index contributed by atoms with van der Waals surface area (Å²) in [4.78, 5) is 24.7. The second-order valence-corrected chi connectivity index (χ2v) is 7.57. The molecule has 3 rings (SSSR count). The van der Waals surface area contributed by atoms with E-state index in [9.17, 15) is 14.0 Å². The Bertz CT molecular complexity index is 1130. The minimum atomic E-state index is -0.848. The number of nitrogens with one attached hydrogen (secondary N) is 2. The molecule has 3 aromatic rings. The number of carbonyl (C=O) groups excluding carboxylic acids is 2. The Hall–Kier alpha value is -3.51. The molecular weight excluding hydrogens is 407 g/mol. The Morgan fingerprint density at radius 3 is 2.44 bits per heavy atom. The molecule has 0 aliphatic rings. The summed E-state index contributed by atoms with van der Waals surface area (Å²) < 4.78 is 19.6. The lowest BCUT2D eigenvalue weighted by Crippen LogP contribution is -2.28. The standard InChI is InChI=1S/C26H27FN2O3/c1-4-18-8-6-10-20(12-18)21-13-22(27)25(26(31)32-3)23(14-21)29-24(30)16-28-15-19-9-5-7-17(2)11-19/h5-14,28H,4,15-16H2,1-3H3,(H,29,30). The van der Waals surface area contributed by atoms with Gasteiger partial charge in [0.05, 0.1) is 19.3 Å². The van der Waals surface area contributed by atoms with Gasteiger partial charge in [0.2, 0.25) is 5.91 Å². The van der Waals surface area contributed by atoms with Crippen LogP contribution in [0.3, 0.4) is 0 Å². The van der Waals surface area contributed by atoms with E-state index in [1.54, 1.807) is 6.07 Å². The smallest absolute Gasteiger partial charge is 0.342 e. The van der Waals surface area contributed by atoms with E-state index in [4.69, 9.17) is 4.74 Å². The Morgan fingerprint density at radius 2 is 1.72 bits per heavy atom. The Morgan fingerprint density at radius 1 is 0.969 bits per heavy atom. The first-order chi connectivity index (χ1) is 15.4. The molecule has 0 saturated heterocycles. The third-order valence-electron chi connectivity index (χ3n) is 5.12. The topological polar surface area (TPSA) is 67.4 Å². The van der Waals surface area contributed by atoms with Crippen LogP contribution < -0.4 is 10.6 Å². The molecule has 0 aliphatic heterocycles. The van der Waals surface area contributed by atoms with E-state index in [-0.39, 0.29) is 23.7 Å². The van der Waals surface area contributed by atoms with Crippen molar-refractivity contribution in [1.82, 2.24) is 5.32 Å². The predicted octanol–water partition coefficient (Wildman–Crippen LogP) is 4.88. The first kappa shape index (κ1) is 23.2. The number of hydrogen-bond acceptors (Lipinski definition) is 4. The molecule has 2 N–H and O–H groups in total. The van der Waals surface area contributed by atoms with Crippen molar-refractivity contribution in [2.24, 2.45) is 0 Å². The summed E-state index contributed by atoms with van der Waals surface area (Å²) >= 11 is 0. The van der Waals surface area contributed by atoms with E-state index in [0.717, 1.165) is 28.7 Å². The van der Waals surface area contributed by atoms with Gasteiger partial charge in [-0.25, -0.2) is 9.18 Å². The summed E-state index contributed by atoms with van der Waals surface area (Å²) in [6.07, 6.45) is 0.840. The zero-order valence-electron chi connectivity index (χ0n) is 18.5. The fourth-order valence-corrected chi connectivity index (χ4v) is 3.49. The summed E-state index contributed by atoms with van der Waals surface area (Å²) in [5.74, 6) is -1.99. The van der Waals surface area contributed by atoms with Crippen molar-refractivity contribution in [3.63, 3.8) is 0 Å². The molecule has 0 heterocycles. The lowest BCUT2D eigenvalue weighted by atomic mass is 9.99. The summed E-state index contributed by atoms with van der Waals surface area (Å²) in [5.41, 5.74) is 4.44. The van der Waals surface area contributed by atoms with Crippen molar-refractivity contribution in [3.05, 3.63) is 88.7 Å². The molecule has 3 aromatic carbocycles. The van der Waals surface area contributed by atoms with Crippen molar-refractivity contribution < 1.29 is 18.7 Å². The molecule has 5 nitrogen and oxygen atoms in total. The summed E-state index contributed by atoms with van der Waals surface area (Å²) in [6.45, 7) is 4.56. The van der Waals surface area contributed by atoms with Gasteiger partial charge in [-0.05, 0) is 47.7 Å². The zero-order chi connectivity index (χ0) is 23.1. The minimum absolute atomic E-state index is 0.00568. The van der Waals surface area contributed by atoms with Crippen LogP contribution >= 0.6 is 0 Å². The summed E-state index contributed by atoms with van der Waals surface area (Å²) in [7, 11) is 1.18. The number of amides is 1. The highest BCUT2D eigenvalue weighted by molar-refractivity contribution is 6.03. The van der Waals surface area contributed by atoms with E-state index >= 15 is 0 Å². The molecule has 0 aromatic heterocycles. The maximum Gasteiger partial charge on any atom is 0.342 e. The van der Waals surface area contributed by atoms with Crippen molar-refractivity contribution >= 4 is 17.6 Å². The van der Waals surface area contributed by atoms with Crippen LogP contribution in [0.5, 0.6) is 0 Å². The molecule has 0 saturated carbocycles. The SMILES string of the molecule is CCc1cccc(-c2cc(F)c(C(=O)OC)c(NC(=O)CNCc3cccc(C)c3)c2)c1. The van der Waals surface area contributed by atoms with Crippen LogP contribution in [0.2, 0.25) is 0 Å². The van der Waals surface area contributed by atoms with Gasteiger partial charge >= 0.3 is 5.97 Å². The number of anilines is 1. The normalized spacial score (nSPS) is 10.6. The van der Waals surface area contributed by atoms with Crippen LogP contribution in [0.4, 0.5) is 10.1 Å². The van der Waals surface area contributed by atoms with Crippen molar-refractivity contribution in [2.45, 2.75) is 26.8 Å². The maximum absolute atomic E-state index is 14.9. The van der Waals surface area contributed by atoms with E-state index in [0.29, 0.717) is 12.1 Å². The highest BCUT2D eigenvalue weighted by Gasteiger charge is 2.21. The average molecular weight is 435 g/mol. The molecule has 0 radical (unpaired) electrons.